The fourth-order valence-corrected chi connectivity index (χ4v) is 3.26. The lowest BCUT2D eigenvalue weighted by Crippen LogP contribution is -2.40. The number of rotatable bonds is 2. The molecule has 3 heterocycles. The quantitative estimate of drug-likeness (QED) is 0.701. The first-order chi connectivity index (χ1) is 7.79. The molecule has 0 radical (unpaired) electrons. The summed E-state index contributed by atoms with van der Waals surface area (Å²) in [6, 6.07) is 5.22. The smallest absolute Gasteiger partial charge is 0.137 e. The van der Waals surface area contributed by atoms with E-state index in [2.05, 4.69) is 34.8 Å². The summed E-state index contributed by atoms with van der Waals surface area (Å²) in [6.07, 6.45) is 6.56. The number of piperidine rings is 1. The van der Waals surface area contributed by atoms with Crippen molar-refractivity contribution in [2.45, 2.75) is 37.0 Å². The number of hydrogen-bond acceptors (Lipinski definition) is 2. The van der Waals surface area contributed by atoms with Crippen LogP contribution in [0.1, 0.15) is 25.0 Å². The largest absolute Gasteiger partial charge is 0.358 e. The molecule has 4 rings (SSSR count). The molecule has 3 aliphatic rings. The first kappa shape index (κ1) is 9.25. The SMILES string of the molecule is Cn1cccc1[C@@]12CCN(C3CC3)C[C@@H]1O2. The number of likely N-dealkylation sites (tertiary alicyclic amines) is 1. The fourth-order valence-electron chi connectivity index (χ4n) is 3.26. The second kappa shape index (κ2) is 2.90. The number of epoxide rings is 1. The lowest BCUT2D eigenvalue weighted by Gasteiger charge is -2.28. The second-order valence-corrected chi connectivity index (χ2v) is 5.48. The molecule has 3 nitrogen and oxygen atoms in total. The molecular formula is C13H18N2O. The van der Waals surface area contributed by atoms with Gasteiger partial charge < -0.3 is 9.30 Å². The molecule has 1 aromatic rings. The number of aryl methyl sites for hydroxylation is 1. The average molecular weight is 218 g/mol. The summed E-state index contributed by atoms with van der Waals surface area (Å²) in [5.41, 5.74) is 1.44. The summed E-state index contributed by atoms with van der Waals surface area (Å²) in [5.74, 6) is 0. The van der Waals surface area contributed by atoms with Crippen LogP contribution < -0.4 is 0 Å². The number of aromatic nitrogens is 1. The van der Waals surface area contributed by atoms with Crippen LogP contribution in [0, 0.1) is 0 Å². The fraction of sp³-hybridized carbons (Fsp3) is 0.692. The molecule has 0 unspecified atom stereocenters. The summed E-state index contributed by atoms with van der Waals surface area (Å²) >= 11 is 0. The standard InChI is InChI=1S/C13H18N2O/c1-14-7-2-3-11(14)13-6-8-15(10-4-5-10)9-12(13)16-13/h2-3,7,10,12H,4-6,8-9H2,1H3/t12-,13-/m0/s1. The maximum atomic E-state index is 6.04. The van der Waals surface area contributed by atoms with E-state index in [0.29, 0.717) is 6.10 Å². The number of fused-ring (bicyclic) bond motifs is 1. The third kappa shape index (κ3) is 1.16. The van der Waals surface area contributed by atoms with Gasteiger partial charge in [0, 0.05) is 32.4 Å². The van der Waals surface area contributed by atoms with Gasteiger partial charge in [-0.15, -0.1) is 0 Å². The van der Waals surface area contributed by atoms with Gasteiger partial charge in [0.1, 0.15) is 11.7 Å². The Labute approximate surface area is 96.0 Å². The van der Waals surface area contributed by atoms with Crippen LogP contribution in [-0.4, -0.2) is 34.7 Å². The molecule has 0 N–H and O–H groups in total. The Morgan fingerprint density at radius 3 is 2.94 bits per heavy atom. The van der Waals surface area contributed by atoms with E-state index < -0.39 is 0 Å². The van der Waals surface area contributed by atoms with Gasteiger partial charge in [0.05, 0.1) is 5.69 Å². The molecule has 2 atom stereocenters. The second-order valence-electron chi connectivity index (χ2n) is 5.48. The van der Waals surface area contributed by atoms with Crippen LogP contribution in [0.15, 0.2) is 18.3 Å². The minimum Gasteiger partial charge on any atom is -0.358 e. The van der Waals surface area contributed by atoms with E-state index in [0.717, 1.165) is 12.6 Å². The van der Waals surface area contributed by atoms with Gasteiger partial charge in [-0.2, -0.15) is 0 Å². The van der Waals surface area contributed by atoms with Gasteiger partial charge in [-0.05, 0) is 31.4 Å². The van der Waals surface area contributed by atoms with Crippen LogP contribution in [0.3, 0.4) is 0 Å². The molecule has 3 heteroatoms. The third-order valence-corrected chi connectivity index (χ3v) is 4.43. The number of ether oxygens (including phenoxy) is 1. The Balaban J connectivity index is 1.57. The zero-order chi connectivity index (χ0) is 10.8. The van der Waals surface area contributed by atoms with Crippen LogP contribution in [-0.2, 0) is 17.4 Å². The van der Waals surface area contributed by atoms with Gasteiger partial charge in [0.2, 0.25) is 0 Å². The highest BCUT2D eigenvalue weighted by Crippen LogP contribution is 2.53. The highest BCUT2D eigenvalue weighted by molar-refractivity contribution is 5.26. The third-order valence-electron chi connectivity index (χ3n) is 4.43. The molecule has 1 aliphatic carbocycles. The Morgan fingerprint density at radius 2 is 2.31 bits per heavy atom. The van der Waals surface area contributed by atoms with Gasteiger partial charge in [-0.1, -0.05) is 0 Å². The van der Waals surface area contributed by atoms with Crippen molar-refractivity contribution < 1.29 is 4.74 Å². The van der Waals surface area contributed by atoms with Crippen LogP contribution in [0.5, 0.6) is 0 Å². The molecule has 2 saturated heterocycles. The molecule has 86 valence electrons. The lowest BCUT2D eigenvalue weighted by atomic mass is 9.93. The summed E-state index contributed by atoms with van der Waals surface area (Å²) in [5, 5.41) is 0. The molecule has 16 heavy (non-hydrogen) atoms. The lowest BCUT2D eigenvalue weighted by molar-refractivity contribution is 0.213. The van der Waals surface area contributed by atoms with Crippen LogP contribution in [0.4, 0.5) is 0 Å². The summed E-state index contributed by atoms with van der Waals surface area (Å²) < 4.78 is 8.25. The number of nitrogens with zero attached hydrogens (tertiary/aromatic N) is 2. The molecule has 2 aliphatic heterocycles. The van der Waals surface area contributed by atoms with Crippen molar-refractivity contribution in [3.8, 4) is 0 Å². The topological polar surface area (TPSA) is 20.7 Å². The highest BCUT2D eigenvalue weighted by atomic mass is 16.6. The molecule has 0 spiro atoms. The van der Waals surface area contributed by atoms with Crippen LogP contribution >= 0.6 is 0 Å². The van der Waals surface area contributed by atoms with E-state index in [-0.39, 0.29) is 5.60 Å². The highest BCUT2D eigenvalue weighted by Gasteiger charge is 2.62. The summed E-state index contributed by atoms with van der Waals surface area (Å²) in [6.45, 7) is 2.36. The van der Waals surface area contributed by atoms with Gasteiger partial charge >= 0.3 is 0 Å². The van der Waals surface area contributed by atoms with E-state index in [1.165, 1.54) is 31.5 Å². The Hall–Kier alpha value is -0.800. The maximum absolute atomic E-state index is 6.04. The monoisotopic (exact) mass is 218 g/mol. The van der Waals surface area contributed by atoms with Crippen molar-refractivity contribution in [1.82, 2.24) is 9.47 Å². The number of hydrogen-bond donors (Lipinski definition) is 0. The normalized spacial score (nSPS) is 38.4. The predicted octanol–water partition coefficient (Wildman–Crippen LogP) is 1.49. The first-order valence-corrected chi connectivity index (χ1v) is 6.33. The van der Waals surface area contributed by atoms with Crippen molar-refractivity contribution in [3.05, 3.63) is 24.0 Å². The van der Waals surface area contributed by atoms with E-state index in [1.54, 1.807) is 0 Å². The Kier molecular flexibility index (Phi) is 1.68. The summed E-state index contributed by atoms with van der Waals surface area (Å²) in [7, 11) is 2.12. The van der Waals surface area contributed by atoms with Gasteiger partial charge in [0.15, 0.2) is 0 Å². The average Bonchev–Trinajstić information content (AvgIpc) is 3.17. The minimum absolute atomic E-state index is 0.0731. The maximum Gasteiger partial charge on any atom is 0.137 e. The minimum atomic E-state index is 0.0731. The van der Waals surface area contributed by atoms with E-state index in [1.807, 2.05) is 0 Å². The van der Waals surface area contributed by atoms with Crippen LogP contribution in [0.25, 0.3) is 0 Å². The van der Waals surface area contributed by atoms with E-state index in [9.17, 15) is 0 Å². The molecular weight excluding hydrogens is 200 g/mol. The van der Waals surface area contributed by atoms with Crippen LogP contribution in [0.2, 0.25) is 0 Å². The van der Waals surface area contributed by atoms with Gasteiger partial charge in [-0.3, -0.25) is 4.90 Å². The molecule has 1 aromatic heterocycles. The van der Waals surface area contributed by atoms with Crippen molar-refractivity contribution in [2.75, 3.05) is 13.1 Å². The molecule has 0 aromatic carbocycles. The van der Waals surface area contributed by atoms with E-state index >= 15 is 0 Å². The van der Waals surface area contributed by atoms with Crippen molar-refractivity contribution >= 4 is 0 Å². The Bertz CT molecular complexity index is 423. The van der Waals surface area contributed by atoms with E-state index in [4.69, 9.17) is 4.74 Å². The van der Waals surface area contributed by atoms with Gasteiger partial charge in [0.25, 0.3) is 0 Å². The predicted molar refractivity (Wildman–Crippen MR) is 61.2 cm³/mol. The molecule has 1 saturated carbocycles. The van der Waals surface area contributed by atoms with Gasteiger partial charge in [-0.25, -0.2) is 0 Å². The summed E-state index contributed by atoms with van der Waals surface area (Å²) in [4.78, 5) is 2.62. The molecule has 0 amide bonds. The van der Waals surface area contributed by atoms with Crippen molar-refractivity contribution in [1.29, 1.82) is 0 Å². The molecule has 0 bridgehead atoms. The first-order valence-electron chi connectivity index (χ1n) is 6.33. The zero-order valence-electron chi connectivity index (χ0n) is 9.72. The van der Waals surface area contributed by atoms with Crippen molar-refractivity contribution in [3.63, 3.8) is 0 Å². The zero-order valence-corrected chi connectivity index (χ0v) is 9.72. The van der Waals surface area contributed by atoms with Crippen molar-refractivity contribution in [2.24, 2.45) is 7.05 Å². The molecule has 3 fully saturated rings. The Morgan fingerprint density at radius 1 is 1.44 bits per heavy atom.